The predicted molar refractivity (Wildman–Crippen MR) is 83.0 cm³/mol. The van der Waals surface area contributed by atoms with E-state index in [0.29, 0.717) is 6.61 Å². The van der Waals surface area contributed by atoms with Crippen LogP contribution in [0, 0.1) is 0 Å². The second-order valence-corrected chi connectivity index (χ2v) is 5.13. The molecule has 0 saturated carbocycles. The van der Waals surface area contributed by atoms with Crippen molar-refractivity contribution in [2.45, 2.75) is 51.6 Å². The first kappa shape index (κ1) is 21.7. The zero-order valence-corrected chi connectivity index (χ0v) is 13.8. The van der Waals surface area contributed by atoms with Crippen LogP contribution in [0.1, 0.15) is 45.4 Å². The molecule has 0 aromatic rings. The summed E-state index contributed by atoms with van der Waals surface area (Å²) in [5, 5.41) is 28.3. The van der Waals surface area contributed by atoms with Gasteiger partial charge in [0.25, 0.3) is 0 Å². The fourth-order valence-electron chi connectivity index (χ4n) is 1.86. The number of hydrogen-bond acceptors (Lipinski definition) is 7. The molecule has 0 aliphatic heterocycles. The molecule has 7 nitrogen and oxygen atoms in total. The molecule has 134 valence electrons. The minimum absolute atomic E-state index is 0.0662. The van der Waals surface area contributed by atoms with E-state index in [1.807, 2.05) is 0 Å². The molecule has 0 aromatic heterocycles. The Hall–Kier alpha value is -0.280. The predicted octanol–water partition coefficient (Wildman–Crippen LogP) is 0.874. The van der Waals surface area contributed by atoms with Crippen LogP contribution in [0.2, 0.25) is 0 Å². The Morgan fingerprint density at radius 2 is 1.45 bits per heavy atom. The van der Waals surface area contributed by atoms with E-state index < -0.39 is 6.10 Å². The molecule has 0 aliphatic rings. The normalized spacial score (nSPS) is 13.0. The lowest BCUT2D eigenvalue weighted by Crippen LogP contribution is -2.36. The van der Waals surface area contributed by atoms with E-state index in [1.54, 1.807) is 0 Å². The quantitative estimate of drug-likeness (QED) is 0.270. The van der Waals surface area contributed by atoms with E-state index >= 15 is 0 Å². The molecule has 0 heterocycles. The minimum Gasteiger partial charge on any atom is -0.394 e. The van der Waals surface area contributed by atoms with Crippen LogP contribution in [-0.2, 0) is 14.4 Å². The zero-order chi connectivity index (χ0) is 16.5. The van der Waals surface area contributed by atoms with Crippen LogP contribution >= 0.6 is 0 Å². The maximum Gasteiger partial charge on any atom is 0.0948 e. The van der Waals surface area contributed by atoms with Crippen molar-refractivity contribution in [3.05, 3.63) is 0 Å². The highest BCUT2D eigenvalue weighted by molar-refractivity contribution is 4.54. The molecule has 7 heteroatoms. The lowest BCUT2D eigenvalue weighted by atomic mass is 10.1. The molecule has 0 saturated heterocycles. The highest BCUT2D eigenvalue weighted by Gasteiger charge is 2.13. The summed E-state index contributed by atoms with van der Waals surface area (Å²) < 4.78 is 5.43. The number of aliphatic hydroxyl groups is 3. The number of rotatable bonds is 17. The van der Waals surface area contributed by atoms with Crippen molar-refractivity contribution >= 4 is 0 Å². The van der Waals surface area contributed by atoms with Gasteiger partial charge in [0.15, 0.2) is 0 Å². The molecule has 0 amide bonds. The van der Waals surface area contributed by atoms with Gasteiger partial charge >= 0.3 is 0 Å². The van der Waals surface area contributed by atoms with E-state index in [9.17, 15) is 5.11 Å². The lowest BCUT2D eigenvalue weighted by Gasteiger charge is -2.22. The second kappa shape index (κ2) is 17.1. The van der Waals surface area contributed by atoms with Gasteiger partial charge in [0.05, 0.1) is 45.7 Å². The summed E-state index contributed by atoms with van der Waals surface area (Å²) in [6, 6.07) is 0. The largest absolute Gasteiger partial charge is 0.394 e. The van der Waals surface area contributed by atoms with Crippen LogP contribution < -0.4 is 0 Å². The summed E-state index contributed by atoms with van der Waals surface area (Å²) in [7, 11) is 0. The third-order valence-electron chi connectivity index (χ3n) is 2.97. The molecule has 0 bridgehead atoms. The highest BCUT2D eigenvalue weighted by Crippen LogP contribution is 2.05. The molecule has 0 aliphatic carbocycles. The van der Waals surface area contributed by atoms with Gasteiger partial charge < -0.3 is 20.1 Å². The Morgan fingerprint density at radius 3 is 2.05 bits per heavy atom. The van der Waals surface area contributed by atoms with Crippen LogP contribution in [0.3, 0.4) is 0 Å². The second-order valence-electron chi connectivity index (χ2n) is 5.13. The molecule has 0 rings (SSSR count). The third-order valence-corrected chi connectivity index (χ3v) is 2.97. The van der Waals surface area contributed by atoms with Crippen molar-refractivity contribution in [1.82, 2.24) is 5.23 Å². The Labute approximate surface area is 133 Å². The first-order valence-corrected chi connectivity index (χ1v) is 8.25. The monoisotopic (exact) mass is 323 g/mol. The van der Waals surface area contributed by atoms with Gasteiger partial charge in [-0.2, -0.15) is 0 Å². The summed E-state index contributed by atoms with van der Waals surface area (Å²) >= 11 is 0. The molecule has 0 spiro atoms. The number of hydrogen-bond donors (Lipinski definition) is 3. The Bertz CT molecular complexity index is 212. The fraction of sp³-hybridized carbons (Fsp3) is 1.00. The maximum atomic E-state index is 9.84. The van der Waals surface area contributed by atoms with E-state index in [-0.39, 0.29) is 39.6 Å². The highest BCUT2D eigenvalue weighted by atomic mass is 16.9. The van der Waals surface area contributed by atoms with Crippen molar-refractivity contribution in [3.8, 4) is 0 Å². The molecule has 0 aromatic carbocycles. The van der Waals surface area contributed by atoms with Gasteiger partial charge in [-0.25, -0.2) is 0 Å². The first-order chi connectivity index (χ1) is 10.7. The SMILES string of the molecule is CCCCCCCCOCC(O)CN(OCCO)OCCO. The minimum atomic E-state index is -0.752. The van der Waals surface area contributed by atoms with E-state index in [2.05, 4.69) is 6.92 Å². The van der Waals surface area contributed by atoms with Gasteiger partial charge in [-0.3, -0.25) is 9.68 Å². The first-order valence-electron chi connectivity index (χ1n) is 8.25. The third kappa shape index (κ3) is 14.6. The summed E-state index contributed by atoms with van der Waals surface area (Å²) in [4.78, 5) is 10.2. The molecule has 3 N–H and O–H groups in total. The van der Waals surface area contributed by atoms with Crippen molar-refractivity contribution < 1.29 is 29.7 Å². The summed E-state index contributed by atoms with van der Waals surface area (Å²) in [6.45, 7) is 2.97. The standard InChI is InChI=1S/C15H33NO6/c1-2-3-4-5-6-7-10-20-14-15(19)13-16(21-11-8-17)22-12-9-18/h15,17-19H,2-14H2,1H3. The van der Waals surface area contributed by atoms with Crippen LogP contribution in [0.4, 0.5) is 0 Å². The molecular formula is C15H33NO6. The average Bonchev–Trinajstić information content (AvgIpc) is 2.52. The number of unbranched alkanes of at least 4 members (excludes halogenated alkanes) is 5. The van der Waals surface area contributed by atoms with Crippen molar-refractivity contribution in [1.29, 1.82) is 0 Å². The molecular weight excluding hydrogens is 290 g/mol. The van der Waals surface area contributed by atoms with Crippen LogP contribution in [0.15, 0.2) is 0 Å². The average molecular weight is 323 g/mol. The summed E-state index contributed by atoms with van der Waals surface area (Å²) in [6.07, 6.45) is 6.45. The smallest absolute Gasteiger partial charge is 0.0948 e. The van der Waals surface area contributed by atoms with Gasteiger partial charge in [-0.15, -0.1) is 0 Å². The Kier molecular flexibility index (Phi) is 16.9. The van der Waals surface area contributed by atoms with Gasteiger partial charge in [0.2, 0.25) is 0 Å². The van der Waals surface area contributed by atoms with Crippen molar-refractivity contribution in [2.75, 3.05) is 46.2 Å². The van der Waals surface area contributed by atoms with Crippen LogP contribution in [0.25, 0.3) is 0 Å². The topological polar surface area (TPSA) is 91.6 Å². The zero-order valence-electron chi connectivity index (χ0n) is 13.8. The number of aliphatic hydroxyl groups excluding tert-OH is 3. The van der Waals surface area contributed by atoms with Crippen LogP contribution in [-0.4, -0.2) is 72.8 Å². The Balaban J connectivity index is 3.59. The summed E-state index contributed by atoms with van der Waals surface area (Å²) in [5.41, 5.74) is 0. The van der Waals surface area contributed by atoms with Gasteiger partial charge in [-0.05, 0) is 6.42 Å². The fourth-order valence-corrected chi connectivity index (χ4v) is 1.86. The Morgan fingerprint density at radius 1 is 0.864 bits per heavy atom. The van der Waals surface area contributed by atoms with E-state index in [0.717, 1.165) is 18.1 Å². The van der Waals surface area contributed by atoms with E-state index in [4.69, 9.17) is 24.6 Å². The molecule has 22 heavy (non-hydrogen) atoms. The lowest BCUT2D eigenvalue weighted by molar-refractivity contribution is -0.377. The molecule has 1 atom stereocenters. The number of nitrogens with zero attached hydrogens (tertiary/aromatic N) is 1. The van der Waals surface area contributed by atoms with Crippen LogP contribution in [0.5, 0.6) is 0 Å². The van der Waals surface area contributed by atoms with Gasteiger partial charge in [0.1, 0.15) is 0 Å². The molecule has 0 fully saturated rings. The molecule has 1 unspecified atom stereocenters. The van der Waals surface area contributed by atoms with Gasteiger partial charge in [0, 0.05) is 6.61 Å². The van der Waals surface area contributed by atoms with Crippen molar-refractivity contribution in [2.24, 2.45) is 0 Å². The van der Waals surface area contributed by atoms with Crippen molar-refractivity contribution in [3.63, 3.8) is 0 Å². The molecule has 0 radical (unpaired) electrons. The summed E-state index contributed by atoms with van der Waals surface area (Å²) in [5.74, 6) is 0. The number of ether oxygens (including phenoxy) is 1. The van der Waals surface area contributed by atoms with Gasteiger partial charge in [-0.1, -0.05) is 44.3 Å². The maximum absolute atomic E-state index is 9.84. The number of hydroxylamine groups is 2. The van der Waals surface area contributed by atoms with E-state index in [1.165, 1.54) is 25.7 Å².